The lowest BCUT2D eigenvalue weighted by atomic mass is 10.0. The molecule has 0 heterocycles. The van der Waals surface area contributed by atoms with E-state index in [-0.39, 0.29) is 17.9 Å². The Bertz CT molecular complexity index is 271. The SMILES string of the molecule is CC(CNC(=O)C1C=CC(N)C1)C1CC1. The van der Waals surface area contributed by atoms with Crippen molar-refractivity contribution in [2.45, 2.75) is 32.2 Å². The number of hydrogen-bond donors (Lipinski definition) is 2. The molecule has 0 aliphatic heterocycles. The third kappa shape index (κ3) is 2.81. The molecule has 15 heavy (non-hydrogen) atoms. The normalized spacial score (nSPS) is 31.6. The van der Waals surface area contributed by atoms with Crippen LogP contribution in [0.4, 0.5) is 0 Å². The molecule has 1 saturated carbocycles. The molecular formula is C12H20N2O. The molecule has 2 aliphatic rings. The molecule has 3 heteroatoms. The van der Waals surface area contributed by atoms with E-state index in [1.54, 1.807) is 0 Å². The molecule has 2 rings (SSSR count). The van der Waals surface area contributed by atoms with Gasteiger partial charge in [-0.1, -0.05) is 19.1 Å². The maximum atomic E-state index is 11.7. The van der Waals surface area contributed by atoms with E-state index >= 15 is 0 Å². The zero-order chi connectivity index (χ0) is 10.8. The Labute approximate surface area is 91.1 Å². The van der Waals surface area contributed by atoms with Crippen molar-refractivity contribution in [3.05, 3.63) is 12.2 Å². The number of rotatable bonds is 4. The first-order chi connectivity index (χ1) is 7.16. The predicted octanol–water partition coefficient (Wildman–Crippen LogP) is 1.05. The molecule has 0 spiro atoms. The van der Waals surface area contributed by atoms with Crippen molar-refractivity contribution in [1.82, 2.24) is 5.32 Å². The molecule has 3 atom stereocenters. The Hall–Kier alpha value is -0.830. The summed E-state index contributed by atoms with van der Waals surface area (Å²) < 4.78 is 0. The van der Waals surface area contributed by atoms with Crippen LogP contribution in [-0.4, -0.2) is 18.5 Å². The van der Waals surface area contributed by atoms with Crippen molar-refractivity contribution in [1.29, 1.82) is 0 Å². The Morgan fingerprint density at radius 3 is 2.80 bits per heavy atom. The number of hydrogen-bond acceptors (Lipinski definition) is 2. The minimum Gasteiger partial charge on any atom is -0.355 e. The van der Waals surface area contributed by atoms with E-state index in [4.69, 9.17) is 5.73 Å². The number of amides is 1. The minimum atomic E-state index is 0.00593. The number of carbonyl (C=O) groups is 1. The van der Waals surface area contributed by atoms with Crippen LogP contribution in [0.2, 0.25) is 0 Å². The van der Waals surface area contributed by atoms with Crippen LogP contribution >= 0.6 is 0 Å². The Kier molecular flexibility index (Phi) is 3.10. The zero-order valence-electron chi connectivity index (χ0n) is 9.28. The first-order valence-electron chi connectivity index (χ1n) is 5.88. The summed E-state index contributed by atoms with van der Waals surface area (Å²) in [5.41, 5.74) is 5.71. The summed E-state index contributed by atoms with van der Waals surface area (Å²) >= 11 is 0. The van der Waals surface area contributed by atoms with Gasteiger partial charge < -0.3 is 11.1 Å². The van der Waals surface area contributed by atoms with Crippen LogP contribution in [0.5, 0.6) is 0 Å². The van der Waals surface area contributed by atoms with Crippen LogP contribution in [0.3, 0.4) is 0 Å². The van der Waals surface area contributed by atoms with Crippen molar-refractivity contribution in [3.63, 3.8) is 0 Å². The number of nitrogens with two attached hydrogens (primary N) is 1. The highest BCUT2D eigenvalue weighted by atomic mass is 16.1. The van der Waals surface area contributed by atoms with Gasteiger partial charge in [0.25, 0.3) is 0 Å². The summed E-state index contributed by atoms with van der Waals surface area (Å²) in [6.45, 7) is 3.04. The van der Waals surface area contributed by atoms with Crippen LogP contribution in [-0.2, 0) is 4.79 Å². The monoisotopic (exact) mass is 208 g/mol. The molecule has 0 aromatic carbocycles. The molecule has 3 N–H and O–H groups in total. The van der Waals surface area contributed by atoms with Gasteiger partial charge in [0.15, 0.2) is 0 Å². The third-order valence-corrected chi connectivity index (χ3v) is 3.48. The van der Waals surface area contributed by atoms with E-state index in [9.17, 15) is 4.79 Å². The van der Waals surface area contributed by atoms with E-state index in [1.807, 2.05) is 12.2 Å². The molecule has 84 valence electrons. The lowest BCUT2D eigenvalue weighted by Crippen LogP contribution is -2.34. The summed E-state index contributed by atoms with van der Waals surface area (Å²) in [7, 11) is 0. The fraction of sp³-hybridized carbons (Fsp3) is 0.750. The molecular weight excluding hydrogens is 188 g/mol. The lowest BCUT2D eigenvalue weighted by Gasteiger charge is -2.14. The smallest absolute Gasteiger partial charge is 0.227 e. The minimum absolute atomic E-state index is 0.00593. The third-order valence-electron chi connectivity index (χ3n) is 3.48. The zero-order valence-corrected chi connectivity index (χ0v) is 9.28. The van der Waals surface area contributed by atoms with Crippen LogP contribution in [0.1, 0.15) is 26.2 Å². The molecule has 2 aliphatic carbocycles. The highest BCUT2D eigenvalue weighted by Crippen LogP contribution is 2.36. The van der Waals surface area contributed by atoms with Crippen LogP contribution in [0, 0.1) is 17.8 Å². The maximum Gasteiger partial charge on any atom is 0.227 e. The van der Waals surface area contributed by atoms with Crippen molar-refractivity contribution < 1.29 is 4.79 Å². The summed E-state index contributed by atoms with van der Waals surface area (Å²) in [5.74, 6) is 1.64. The van der Waals surface area contributed by atoms with Gasteiger partial charge in [0.05, 0.1) is 5.92 Å². The summed E-state index contributed by atoms with van der Waals surface area (Å²) in [5, 5.41) is 3.02. The van der Waals surface area contributed by atoms with Crippen LogP contribution < -0.4 is 11.1 Å². The van der Waals surface area contributed by atoms with Gasteiger partial charge in [-0.2, -0.15) is 0 Å². The molecule has 0 bridgehead atoms. The molecule has 0 radical (unpaired) electrons. The first kappa shape index (κ1) is 10.7. The van der Waals surface area contributed by atoms with Gasteiger partial charge >= 0.3 is 0 Å². The Morgan fingerprint density at radius 2 is 2.27 bits per heavy atom. The van der Waals surface area contributed by atoms with E-state index in [0.717, 1.165) is 18.9 Å². The highest BCUT2D eigenvalue weighted by Gasteiger charge is 2.29. The topological polar surface area (TPSA) is 55.1 Å². The number of nitrogens with one attached hydrogen (secondary N) is 1. The fourth-order valence-corrected chi connectivity index (χ4v) is 2.15. The molecule has 1 fully saturated rings. The summed E-state index contributed by atoms with van der Waals surface area (Å²) in [6.07, 6.45) is 7.30. The van der Waals surface area contributed by atoms with E-state index in [1.165, 1.54) is 12.8 Å². The summed E-state index contributed by atoms with van der Waals surface area (Å²) in [6, 6.07) is 0.0709. The molecule has 3 unspecified atom stereocenters. The van der Waals surface area contributed by atoms with Crippen molar-refractivity contribution in [2.75, 3.05) is 6.54 Å². The predicted molar refractivity (Wildman–Crippen MR) is 60.1 cm³/mol. The van der Waals surface area contributed by atoms with Gasteiger partial charge in [-0.25, -0.2) is 0 Å². The second-order valence-corrected chi connectivity index (χ2v) is 4.95. The Morgan fingerprint density at radius 1 is 1.53 bits per heavy atom. The van der Waals surface area contributed by atoms with E-state index < -0.39 is 0 Å². The average molecular weight is 208 g/mol. The van der Waals surface area contributed by atoms with Crippen LogP contribution in [0.25, 0.3) is 0 Å². The van der Waals surface area contributed by atoms with Gasteiger partial charge in [0.1, 0.15) is 0 Å². The highest BCUT2D eigenvalue weighted by molar-refractivity contribution is 5.81. The average Bonchev–Trinajstić information content (AvgIpc) is 2.97. The second kappa shape index (κ2) is 4.35. The van der Waals surface area contributed by atoms with Gasteiger partial charge in [-0.15, -0.1) is 0 Å². The fourth-order valence-electron chi connectivity index (χ4n) is 2.15. The van der Waals surface area contributed by atoms with Gasteiger partial charge in [-0.05, 0) is 31.1 Å². The van der Waals surface area contributed by atoms with Gasteiger partial charge in [0, 0.05) is 12.6 Å². The van der Waals surface area contributed by atoms with Crippen molar-refractivity contribution in [3.8, 4) is 0 Å². The molecule has 1 amide bonds. The molecule has 0 aromatic rings. The second-order valence-electron chi connectivity index (χ2n) is 4.95. The van der Waals surface area contributed by atoms with Gasteiger partial charge in [-0.3, -0.25) is 4.79 Å². The van der Waals surface area contributed by atoms with Gasteiger partial charge in [0.2, 0.25) is 5.91 Å². The van der Waals surface area contributed by atoms with Crippen molar-refractivity contribution >= 4 is 5.91 Å². The Balaban J connectivity index is 1.70. The molecule has 3 nitrogen and oxygen atoms in total. The summed E-state index contributed by atoms with van der Waals surface area (Å²) in [4.78, 5) is 11.7. The standard InChI is InChI=1S/C12H20N2O/c1-8(9-2-3-9)7-14-12(15)10-4-5-11(13)6-10/h4-5,8-11H,2-3,6-7,13H2,1H3,(H,14,15). The quantitative estimate of drug-likeness (QED) is 0.679. The molecule has 0 saturated heterocycles. The van der Waals surface area contributed by atoms with E-state index in [2.05, 4.69) is 12.2 Å². The lowest BCUT2D eigenvalue weighted by molar-refractivity contribution is -0.123. The van der Waals surface area contributed by atoms with E-state index in [0.29, 0.717) is 5.92 Å². The first-order valence-corrected chi connectivity index (χ1v) is 5.88. The molecule has 0 aromatic heterocycles. The van der Waals surface area contributed by atoms with Crippen LogP contribution in [0.15, 0.2) is 12.2 Å². The van der Waals surface area contributed by atoms with Crippen molar-refractivity contribution in [2.24, 2.45) is 23.5 Å². The number of carbonyl (C=O) groups excluding carboxylic acids is 1. The largest absolute Gasteiger partial charge is 0.355 e. The maximum absolute atomic E-state index is 11.7.